The van der Waals surface area contributed by atoms with E-state index in [4.69, 9.17) is 0 Å². The summed E-state index contributed by atoms with van der Waals surface area (Å²) in [7, 11) is 0. The average Bonchev–Trinajstić information content (AvgIpc) is 2.99. The molecule has 0 amide bonds. The Bertz CT molecular complexity index is 1030. The molecule has 3 aromatic carbocycles. The van der Waals surface area contributed by atoms with E-state index in [2.05, 4.69) is 0 Å². The number of benzene rings is 3. The third-order valence-corrected chi connectivity index (χ3v) is 4.14. The molecule has 1 aromatic heterocycles. The van der Waals surface area contributed by atoms with Gasteiger partial charge in [-0.25, -0.2) is 0 Å². The van der Waals surface area contributed by atoms with Crippen LogP contribution in [-0.4, -0.2) is 15.5 Å². The molecule has 0 radical (unpaired) electrons. The van der Waals surface area contributed by atoms with Crippen molar-refractivity contribution in [2.75, 3.05) is 0 Å². The number of nitrogens with zero attached hydrogens (tertiary/aromatic N) is 1. The molecule has 0 atom stereocenters. The lowest BCUT2D eigenvalue weighted by molar-refractivity contribution is 0.103. The lowest BCUT2D eigenvalue weighted by Crippen LogP contribution is -2.06. The van der Waals surface area contributed by atoms with Crippen LogP contribution in [0.4, 0.5) is 0 Å². The van der Waals surface area contributed by atoms with Gasteiger partial charge in [0.05, 0.1) is 17.4 Å². The Morgan fingerprint density at radius 1 is 0.792 bits per heavy atom. The van der Waals surface area contributed by atoms with Crippen molar-refractivity contribution in [1.29, 1.82) is 0 Å². The summed E-state index contributed by atoms with van der Waals surface area (Å²) < 4.78 is 1.86. The van der Waals surface area contributed by atoms with Gasteiger partial charge in [0.1, 0.15) is 5.75 Å². The zero-order chi connectivity index (χ0) is 16.5. The van der Waals surface area contributed by atoms with Crippen LogP contribution in [0, 0.1) is 0 Å². The smallest absolute Gasteiger partial charge is 0.195 e. The fourth-order valence-corrected chi connectivity index (χ4v) is 2.98. The molecule has 0 saturated carbocycles. The number of carbonyl (C=O) groups excluding carboxylic acids is 1. The van der Waals surface area contributed by atoms with Gasteiger partial charge < -0.3 is 9.67 Å². The minimum Gasteiger partial charge on any atom is -0.506 e. The minimum absolute atomic E-state index is 0.0385. The first kappa shape index (κ1) is 14.3. The molecular weight excluding hydrogens is 298 g/mol. The van der Waals surface area contributed by atoms with Gasteiger partial charge in [-0.05, 0) is 24.3 Å². The fraction of sp³-hybridized carbons (Fsp3) is 0. The van der Waals surface area contributed by atoms with Gasteiger partial charge in [-0.2, -0.15) is 0 Å². The maximum absolute atomic E-state index is 12.9. The lowest BCUT2D eigenvalue weighted by atomic mass is 10.0. The Balaban J connectivity index is 1.92. The van der Waals surface area contributed by atoms with Crippen molar-refractivity contribution in [3.05, 3.63) is 96.2 Å². The summed E-state index contributed by atoms with van der Waals surface area (Å²) in [6.07, 6.45) is 1.65. The highest BCUT2D eigenvalue weighted by molar-refractivity contribution is 6.11. The van der Waals surface area contributed by atoms with Gasteiger partial charge in [-0.15, -0.1) is 0 Å². The zero-order valence-corrected chi connectivity index (χ0v) is 12.9. The van der Waals surface area contributed by atoms with Crippen LogP contribution in [-0.2, 0) is 0 Å². The molecular formula is C21H15NO2. The van der Waals surface area contributed by atoms with E-state index in [9.17, 15) is 9.90 Å². The lowest BCUT2D eigenvalue weighted by Gasteiger charge is -2.11. The molecule has 0 fully saturated rings. The SMILES string of the molecule is O=C(c1ccccc1)c1ccccc1-n1cc(O)c2ccccc21. The van der Waals surface area contributed by atoms with Crippen LogP contribution in [0.2, 0.25) is 0 Å². The number of hydrogen-bond acceptors (Lipinski definition) is 2. The van der Waals surface area contributed by atoms with Crippen LogP contribution in [0.5, 0.6) is 5.75 Å². The van der Waals surface area contributed by atoms with Crippen molar-refractivity contribution in [2.24, 2.45) is 0 Å². The number of carbonyl (C=O) groups is 1. The summed E-state index contributed by atoms with van der Waals surface area (Å²) in [5.41, 5.74) is 2.86. The molecule has 24 heavy (non-hydrogen) atoms. The molecule has 0 bridgehead atoms. The van der Waals surface area contributed by atoms with E-state index in [1.807, 2.05) is 83.4 Å². The number of fused-ring (bicyclic) bond motifs is 1. The van der Waals surface area contributed by atoms with Crippen LogP contribution in [0.15, 0.2) is 85.1 Å². The van der Waals surface area contributed by atoms with E-state index >= 15 is 0 Å². The Morgan fingerprint density at radius 2 is 1.46 bits per heavy atom. The van der Waals surface area contributed by atoms with Gasteiger partial charge in [0.15, 0.2) is 5.78 Å². The molecule has 0 aliphatic carbocycles. The monoisotopic (exact) mass is 313 g/mol. The van der Waals surface area contributed by atoms with E-state index in [1.165, 1.54) is 0 Å². The van der Waals surface area contributed by atoms with E-state index in [0.29, 0.717) is 11.1 Å². The average molecular weight is 313 g/mol. The molecule has 3 heteroatoms. The normalized spacial score (nSPS) is 10.8. The van der Waals surface area contributed by atoms with Gasteiger partial charge in [-0.3, -0.25) is 4.79 Å². The van der Waals surface area contributed by atoms with Crippen molar-refractivity contribution in [3.8, 4) is 11.4 Å². The molecule has 4 rings (SSSR count). The summed E-state index contributed by atoms with van der Waals surface area (Å²) in [6, 6.07) is 24.3. The van der Waals surface area contributed by atoms with Crippen LogP contribution in [0.1, 0.15) is 15.9 Å². The first-order valence-corrected chi connectivity index (χ1v) is 7.74. The highest BCUT2D eigenvalue weighted by atomic mass is 16.3. The number of hydrogen-bond donors (Lipinski definition) is 1. The van der Waals surface area contributed by atoms with E-state index in [1.54, 1.807) is 6.20 Å². The minimum atomic E-state index is -0.0385. The predicted octanol–water partition coefficient (Wildman–Crippen LogP) is 4.57. The third kappa shape index (κ3) is 2.27. The van der Waals surface area contributed by atoms with Crippen molar-refractivity contribution in [2.45, 2.75) is 0 Å². The topological polar surface area (TPSA) is 42.2 Å². The van der Waals surface area contributed by atoms with Gasteiger partial charge in [0, 0.05) is 16.5 Å². The first-order valence-electron chi connectivity index (χ1n) is 7.74. The third-order valence-electron chi connectivity index (χ3n) is 4.14. The Labute approximate surface area is 139 Å². The maximum Gasteiger partial charge on any atom is 0.195 e. The Morgan fingerprint density at radius 3 is 2.29 bits per heavy atom. The number of rotatable bonds is 3. The molecule has 0 aliphatic rings. The standard InChI is InChI=1S/C21H15NO2/c23-20-14-22(18-12-6-4-10-16(18)20)19-13-7-5-11-17(19)21(24)15-8-2-1-3-9-15/h1-14,23H. The van der Waals surface area contributed by atoms with Crippen molar-refractivity contribution in [3.63, 3.8) is 0 Å². The van der Waals surface area contributed by atoms with E-state index in [-0.39, 0.29) is 11.5 Å². The predicted molar refractivity (Wildman–Crippen MR) is 94.8 cm³/mol. The number of ketones is 1. The van der Waals surface area contributed by atoms with Gasteiger partial charge in [0.2, 0.25) is 0 Å². The van der Waals surface area contributed by atoms with Crippen LogP contribution in [0.3, 0.4) is 0 Å². The van der Waals surface area contributed by atoms with E-state index in [0.717, 1.165) is 16.6 Å². The first-order chi connectivity index (χ1) is 11.8. The second-order valence-corrected chi connectivity index (χ2v) is 5.61. The molecule has 0 spiro atoms. The summed E-state index contributed by atoms with van der Waals surface area (Å²) in [5, 5.41) is 11.0. The van der Waals surface area contributed by atoms with Gasteiger partial charge in [-0.1, -0.05) is 54.6 Å². The molecule has 1 N–H and O–H groups in total. The van der Waals surface area contributed by atoms with E-state index < -0.39 is 0 Å². The Kier molecular flexibility index (Phi) is 3.39. The highest BCUT2D eigenvalue weighted by Crippen LogP contribution is 2.31. The molecule has 4 aromatic rings. The van der Waals surface area contributed by atoms with Crippen LogP contribution < -0.4 is 0 Å². The highest BCUT2D eigenvalue weighted by Gasteiger charge is 2.16. The molecule has 0 unspecified atom stereocenters. The molecule has 116 valence electrons. The molecule has 0 saturated heterocycles. The second-order valence-electron chi connectivity index (χ2n) is 5.61. The summed E-state index contributed by atoms with van der Waals surface area (Å²) in [5.74, 6) is 0.163. The molecule has 1 heterocycles. The van der Waals surface area contributed by atoms with Gasteiger partial charge in [0.25, 0.3) is 0 Å². The van der Waals surface area contributed by atoms with Gasteiger partial charge >= 0.3 is 0 Å². The van der Waals surface area contributed by atoms with Crippen LogP contribution >= 0.6 is 0 Å². The number of aromatic hydroxyl groups is 1. The van der Waals surface area contributed by atoms with Crippen molar-refractivity contribution >= 4 is 16.7 Å². The number of para-hydroxylation sites is 2. The maximum atomic E-state index is 12.9. The summed E-state index contributed by atoms with van der Waals surface area (Å²) in [6.45, 7) is 0. The zero-order valence-electron chi connectivity index (χ0n) is 12.9. The molecule has 0 aliphatic heterocycles. The van der Waals surface area contributed by atoms with Crippen LogP contribution in [0.25, 0.3) is 16.6 Å². The fourth-order valence-electron chi connectivity index (χ4n) is 2.98. The second kappa shape index (κ2) is 5.70. The summed E-state index contributed by atoms with van der Waals surface area (Å²) >= 11 is 0. The quantitative estimate of drug-likeness (QED) is 0.563. The largest absolute Gasteiger partial charge is 0.506 e. The van der Waals surface area contributed by atoms with Crippen molar-refractivity contribution < 1.29 is 9.90 Å². The Hall–Kier alpha value is -3.33. The van der Waals surface area contributed by atoms with Crippen molar-refractivity contribution in [1.82, 2.24) is 4.57 Å². The number of aromatic nitrogens is 1. The summed E-state index contributed by atoms with van der Waals surface area (Å²) in [4.78, 5) is 12.9. The molecule has 3 nitrogen and oxygen atoms in total.